The largest absolute Gasteiger partial charge is 0.459 e. The van der Waals surface area contributed by atoms with Crippen molar-refractivity contribution < 1.29 is 9.53 Å². The van der Waals surface area contributed by atoms with Crippen LogP contribution in [-0.2, 0) is 11.2 Å². The second-order valence-corrected chi connectivity index (χ2v) is 9.98. The van der Waals surface area contributed by atoms with E-state index in [0.717, 1.165) is 55.6 Å². The van der Waals surface area contributed by atoms with Gasteiger partial charge in [-0.05, 0) is 98.1 Å². The summed E-state index contributed by atoms with van der Waals surface area (Å²) in [6, 6.07) is 27.3. The molecule has 0 aromatic heterocycles. The van der Waals surface area contributed by atoms with Crippen molar-refractivity contribution in [3.8, 4) is 11.1 Å². The molecule has 3 aromatic carbocycles. The third-order valence-corrected chi connectivity index (χ3v) is 7.36. The molecule has 1 saturated carbocycles. The molecule has 0 aliphatic heterocycles. The van der Waals surface area contributed by atoms with Crippen molar-refractivity contribution in [1.29, 1.82) is 0 Å². The van der Waals surface area contributed by atoms with Gasteiger partial charge in [0.15, 0.2) is 0 Å². The van der Waals surface area contributed by atoms with Gasteiger partial charge in [-0.15, -0.1) is 0 Å². The number of benzene rings is 3. The molecule has 4 rings (SSSR count). The van der Waals surface area contributed by atoms with Gasteiger partial charge in [-0.2, -0.15) is 0 Å². The predicted molar refractivity (Wildman–Crippen MR) is 146 cm³/mol. The molecule has 1 atom stereocenters. The van der Waals surface area contributed by atoms with E-state index < -0.39 is 0 Å². The smallest absolute Gasteiger partial charge is 0.338 e. The first-order valence-corrected chi connectivity index (χ1v) is 13.2. The van der Waals surface area contributed by atoms with Crippen molar-refractivity contribution in [2.45, 2.75) is 70.8 Å². The van der Waals surface area contributed by atoms with Gasteiger partial charge in [-0.1, -0.05) is 85.8 Å². The van der Waals surface area contributed by atoms with Crippen LogP contribution >= 0.6 is 0 Å². The van der Waals surface area contributed by atoms with E-state index in [0.29, 0.717) is 11.5 Å². The molecule has 2 heteroatoms. The zero-order valence-electron chi connectivity index (χ0n) is 21.2. The first-order chi connectivity index (χ1) is 17.1. The van der Waals surface area contributed by atoms with E-state index in [9.17, 15) is 4.79 Å². The number of carbonyl (C=O) groups is 1. The number of carbonyl (C=O) groups excluding carboxylic acids is 1. The number of ether oxygens (including phenoxy) is 1. The zero-order chi connectivity index (χ0) is 24.5. The fourth-order valence-corrected chi connectivity index (χ4v) is 5.14. The molecule has 0 heterocycles. The molecular weight excluding hydrogens is 428 g/mol. The lowest BCUT2D eigenvalue weighted by Crippen LogP contribution is -2.24. The van der Waals surface area contributed by atoms with Crippen LogP contribution in [0.2, 0.25) is 0 Å². The maximum absolute atomic E-state index is 12.7. The van der Waals surface area contributed by atoms with Crippen molar-refractivity contribution in [3.63, 3.8) is 0 Å². The standard InChI is InChI=1S/C33H38O2/c1-3-4-6-9-26-14-22-32(23-15-26)35-33(34)31-20-18-30(19-21-31)29-16-12-27(13-17-29)24-25(2)28-10-7-5-8-11-28/h3-5,7-8,10-13,16-21,25-26,32H,6,9,14-15,22-24H2,1-2H3/t25-,26?,32?/m1/s1. The molecule has 0 radical (unpaired) electrons. The van der Waals surface area contributed by atoms with Gasteiger partial charge in [0.05, 0.1) is 5.56 Å². The highest BCUT2D eigenvalue weighted by Crippen LogP contribution is 2.30. The van der Waals surface area contributed by atoms with E-state index in [2.05, 4.69) is 80.6 Å². The molecule has 1 fully saturated rings. The third-order valence-electron chi connectivity index (χ3n) is 7.36. The van der Waals surface area contributed by atoms with E-state index in [1.54, 1.807) is 0 Å². The van der Waals surface area contributed by atoms with Crippen LogP contribution in [0.5, 0.6) is 0 Å². The van der Waals surface area contributed by atoms with Crippen LogP contribution in [0.25, 0.3) is 11.1 Å². The van der Waals surface area contributed by atoms with Gasteiger partial charge < -0.3 is 4.74 Å². The minimum Gasteiger partial charge on any atom is -0.459 e. The summed E-state index contributed by atoms with van der Waals surface area (Å²) in [7, 11) is 0. The highest BCUT2D eigenvalue weighted by Gasteiger charge is 2.24. The normalized spacial score (nSPS) is 18.9. The lowest BCUT2D eigenvalue weighted by atomic mass is 9.84. The Kier molecular flexibility index (Phi) is 8.95. The van der Waals surface area contributed by atoms with Crippen LogP contribution < -0.4 is 0 Å². The predicted octanol–water partition coefficient (Wildman–Crippen LogP) is 8.77. The number of hydrogen-bond acceptors (Lipinski definition) is 2. The Balaban J connectivity index is 1.28. The monoisotopic (exact) mass is 466 g/mol. The third kappa shape index (κ3) is 7.18. The highest BCUT2D eigenvalue weighted by molar-refractivity contribution is 5.90. The lowest BCUT2D eigenvalue weighted by molar-refractivity contribution is 0.0162. The Morgan fingerprint density at radius 1 is 0.886 bits per heavy atom. The van der Waals surface area contributed by atoms with Gasteiger partial charge in [-0.25, -0.2) is 4.79 Å². The van der Waals surface area contributed by atoms with Gasteiger partial charge >= 0.3 is 5.97 Å². The van der Waals surface area contributed by atoms with E-state index >= 15 is 0 Å². The second kappa shape index (κ2) is 12.5. The molecule has 2 nitrogen and oxygen atoms in total. The molecule has 0 N–H and O–H groups in total. The van der Waals surface area contributed by atoms with Crippen molar-refractivity contribution >= 4 is 5.97 Å². The van der Waals surface area contributed by atoms with Crippen molar-refractivity contribution in [1.82, 2.24) is 0 Å². The highest BCUT2D eigenvalue weighted by atomic mass is 16.5. The molecule has 0 amide bonds. The molecule has 3 aromatic rings. The van der Waals surface area contributed by atoms with Gasteiger partial charge in [0.1, 0.15) is 6.10 Å². The summed E-state index contributed by atoms with van der Waals surface area (Å²) in [4.78, 5) is 12.7. The van der Waals surface area contributed by atoms with Gasteiger partial charge in [0.25, 0.3) is 0 Å². The van der Waals surface area contributed by atoms with Crippen LogP contribution in [0, 0.1) is 5.92 Å². The molecule has 0 spiro atoms. The minimum atomic E-state index is -0.195. The number of hydrogen-bond donors (Lipinski definition) is 0. The number of esters is 1. The fourth-order valence-electron chi connectivity index (χ4n) is 5.14. The van der Waals surface area contributed by atoms with Crippen molar-refractivity contribution in [2.24, 2.45) is 5.92 Å². The number of rotatable bonds is 9. The maximum atomic E-state index is 12.7. The van der Waals surface area contributed by atoms with Crippen molar-refractivity contribution in [3.05, 3.63) is 108 Å². The first-order valence-electron chi connectivity index (χ1n) is 13.2. The summed E-state index contributed by atoms with van der Waals surface area (Å²) in [6.45, 7) is 4.35. The summed E-state index contributed by atoms with van der Waals surface area (Å²) < 4.78 is 5.83. The summed E-state index contributed by atoms with van der Waals surface area (Å²) in [5.41, 5.74) is 5.62. The maximum Gasteiger partial charge on any atom is 0.338 e. The topological polar surface area (TPSA) is 26.3 Å². The van der Waals surface area contributed by atoms with Gasteiger partial charge in [-0.3, -0.25) is 0 Å². The summed E-state index contributed by atoms with van der Waals surface area (Å²) in [5.74, 6) is 1.06. The average molecular weight is 467 g/mol. The fraction of sp³-hybridized carbons (Fsp3) is 0.364. The summed E-state index contributed by atoms with van der Waals surface area (Å²) >= 11 is 0. The average Bonchev–Trinajstić information content (AvgIpc) is 2.91. The molecular formula is C33H38O2. The molecule has 35 heavy (non-hydrogen) atoms. The quantitative estimate of drug-likeness (QED) is 0.233. The van der Waals surface area contributed by atoms with Crippen LogP contribution in [-0.4, -0.2) is 12.1 Å². The molecule has 0 unspecified atom stereocenters. The van der Waals surface area contributed by atoms with E-state index in [1.807, 2.05) is 24.3 Å². The minimum absolute atomic E-state index is 0.0611. The Hall–Kier alpha value is -3.13. The van der Waals surface area contributed by atoms with Crippen LogP contribution in [0.15, 0.2) is 91.0 Å². The Labute approximate surface area is 211 Å². The molecule has 182 valence electrons. The lowest BCUT2D eigenvalue weighted by Gasteiger charge is -2.28. The first kappa shape index (κ1) is 25.0. The number of allylic oxidation sites excluding steroid dienone is 2. The van der Waals surface area contributed by atoms with Gasteiger partial charge in [0.2, 0.25) is 0 Å². The van der Waals surface area contributed by atoms with E-state index in [4.69, 9.17) is 4.74 Å². The van der Waals surface area contributed by atoms with Crippen molar-refractivity contribution in [2.75, 3.05) is 0 Å². The van der Waals surface area contributed by atoms with Gasteiger partial charge in [0, 0.05) is 0 Å². The summed E-state index contributed by atoms with van der Waals surface area (Å²) in [5, 5.41) is 0. The Morgan fingerprint density at radius 2 is 1.51 bits per heavy atom. The Morgan fingerprint density at radius 3 is 2.14 bits per heavy atom. The van der Waals surface area contributed by atoms with Crippen LogP contribution in [0.3, 0.4) is 0 Å². The van der Waals surface area contributed by atoms with E-state index in [1.165, 1.54) is 17.5 Å². The SMILES string of the molecule is CC=CCCC1CCC(OC(=O)c2ccc(-c3ccc(C[C@@H](C)c4ccccc4)cc3)cc2)CC1. The molecule has 0 saturated heterocycles. The second-order valence-electron chi connectivity index (χ2n) is 9.98. The van der Waals surface area contributed by atoms with E-state index in [-0.39, 0.29) is 12.1 Å². The van der Waals surface area contributed by atoms with Crippen LogP contribution in [0.4, 0.5) is 0 Å². The van der Waals surface area contributed by atoms with Crippen LogP contribution in [0.1, 0.15) is 79.8 Å². The summed E-state index contributed by atoms with van der Waals surface area (Å²) in [6.07, 6.45) is 12.2. The molecule has 0 bridgehead atoms. The zero-order valence-corrected chi connectivity index (χ0v) is 21.2. The molecule has 1 aliphatic rings. The molecule has 1 aliphatic carbocycles. The Bertz CT molecular complexity index is 1070.